The second-order valence-electron chi connectivity index (χ2n) is 5.10. The maximum absolute atomic E-state index is 13.6. The topological polar surface area (TPSA) is 47.6 Å². The van der Waals surface area contributed by atoms with Gasteiger partial charge in [-0.15, -0.1) is 0 Å². The van der Waals surface area contributed by atoms with Gasteiger partial charge in [0.25, 0.3) is 0 Å². The van der Waals surface area contributed by atoms with Gasteiger partial charge in [0.15, 0.2) is 11.6 Å². The summed E-state index contributed by atoms with van der Waals surface area (Å²) in [6.07, 6.45) is 0.846. The number of carbonyl (C=O) groups is 1. The van der Waals surface area contributed by atoms with E-state index in [1.165, 1.54) is 19.2 Å². The molecule has 0 saturated carbocycles. The number of methoxy groups -OCH3 is 2. The van der Waals surface area contributed by atoms with Crippen molar-refractivity contribution < 1.29 is 18.7 Å². The number of amides is 1. The van der Waals surface area contributed by atoms with Gasteiger partial charge in [0.1, 0.15) is 5.75 Å². The van der Waals surface area contributed by atoms with Crippen LogP contribution in [-0.4, -0.2) is 26.7 Å². The minimum absolute atomic E-state index is 0.138. The SMILES string of the molecule is COc1cccc(CCNC(=O)Cc2ccc(OC)c(F)c2)c1. The Labute approximate surface area is 135 Å². The number of rotatable bonds is 7. The molecule has 1 N–H and O–H groups in total. The molecule has 0 aromatic heterocycles. The largest absolute Gasteiger partial charge is 0.497 e. The van der Waals surface area contributed by atoms with E-state index in [-0.39, 0.29) is 18.1 Å². The van der Waals surface area contributed by atoms with Crippen LogP contribution in [0.1, 0.15) is 11.1 Å². The Morgan fingerprint density at radius 2 is 1.91 bits per heavy atom. The van der Waals surface area contributed by atoms with Crippen molar-refractivity contribution in [1.29, 1.82) is 0 Å². The van der Waals surface area contributed by atoms with E-state index in [0.29, 0.717) is 18.5 Å². The van der Waals surface area contributed by atoms with Gasteiger partial charge in [0.2, 0.25) is 5.91 Å². The van der Waals surface area contributed by atoms with E-state index in [0.717, 1.165) is 11.3 Å². The predicted octanol–water partition coefficient (Wildman–Crippen LogP) is 2.74. The van der Waals surface area contributed by atoms with Crippen molar-refractivity contribution in [1.82, 2.24) is 5.32 Å². The van der Waals surface area contributed by atoms with Gasteiger partial charge >= 0.3 is 0 Å². The van der Waals surface area contributed by atoms with Crippen molar-refractivity contribution in [2.75, 3.05) is 20.8 Å². The van der Waals surface area contributed by atoms with Gasteiger partial charge in [-0.2, -0.15) is 0 Å². The highest BCUT2D eigenvalue weighted by Crippen LogP contribution is 2.18. The van der Waals surface area contributed by atoms with Crippen LogP contribution in [0.4, 0.5) is 4.39 Å². The molecular formula is C18H20FNO3. The van der Waals surface area contributed by atoms with Crippen molar-refractivity contribution in [3.63, 3.8) is 0 Å². The smallest absolute Gasteiger partial charge is 0.224 e. The van der Waals surface area contributed by atoms with E-state index in [2.05, 4.69) is 5.32 Å². The van der Waals surface area contributed by atoms with E-state index < -0.39 is 5.82 Å². The summed E-state index contributed by atoms with van der Waals surface area (Å²) in [5.41, 5.74) is 1.70. The summed E-state index contributed by atoms with van der Waals surface area (Å²) in [7, 11) is 3.03. The molecule has 0 aliphatic rings. The van der Waals surface area contributed by atoms with E-state index >= 15 is 0 Å². The molecule has 5 heteroatoms. The molecule has 4 nitrogen and oxygen atoms in total. The van der Waals surface area contributed by atoms with Gasteiger partial charge in [0.05, 0.1) is 20.6 Å². The lowest BCUT2D eigenvalue weighted by Gasteiger charge is -2.08. The first kappa shape index (κ1) is 16.8. The molecule has 2 aromatic rings. The van der Waals surface area contributed by atoms with Crippen LogP contribution in [0.25, 0.3) is 0 Å². The number of ether oxygens (including phenoxy) is 2. The Balaban J connectivity index is 1.82. The number of halogens is 1. The maximum atomic E-state index is 13.6. The van der Waals surface area contributed by atoms with Gasteiger partial charge in [-0.05, 0) is 41.8 Å². The molecule has 122 valence electrons. The average Bonchev–Trinajstić information content (AvgIpc) is 2.55. The highest BCUT2D eigenvalue weighted by molar-refractivity contribution is 5.78. The standard InChI is InChI=1S/C18H20FNO3/c1-22-15-5-3-4-13(10-15)8-9-20-18(21)12-14-6-7-17(23-2)16(19)11-14/h3-7,10-11H,8-9,12H2,1-2H3,(H,20,21). The Kier molecular flexibility index (Phi) is 5.97. The lowest BCUT2D eigenvalue weighted by atomic mass is 10.1. The zero-order valence-electron chi connectivity index (χ0n) is 13.3. The molecular weight excluding hydrogens is 297 g/mol. The Morgan fingerprint density at radius 1 is 1.09 bits per heavy atom. The first-order chi connectivity index (χ1) is 11.1. The van der Waals surface area contributed by atoms with Crippen LogP contribution in [-0.2, 0) is 17.6 Å². The van der Waals surface area contributed by atoms with Crippen LogP contribution >= 0.6 is 0 Å². The van der Waals surface area contributed by atoms with Crippen LogP contribution in [0, 0.1) is 5.82 Å². The van der Waals surface area contributed by atoms with Gasteiger partial charge < -0.3 is 14.8 Å². The fourth-order valence-electron chi connectivity index (χ4n) is 2.24. The van der Waals surface area contributed by atoms with Crippen LogP contribution in [0.2, 0.25) is 0 Å². The zero-order valence-corrected chi connectivity index (χ0v) is 13.3. The van der Waals surface area contributed by atoms with Gasteiger partial charge in [-0.1, -0.05) is 18.2 Å². The number of benzene rings is 2. The second-order valence-corrected chi connectivity index (χ2v) is 5.10. The molecule has 0 radical (unpaired) electrons. The highest BCUT2D eigenvalue weighted by atomic mass is 19.1. The summed E-state index contributed by atoms with van der Waals surface area (Å²) < 4.78 is 23.6. The average molecular weight is 317 g/mol. The van der Waals surface area contributed by atoms with E-state index in [4.69, 9.17) is 9.47 Å². The van der Waals surface area contributed by atoms with Crippen molar-refractivity contribution in [2.45, 2.75) is 12.8 Å². The zero-order chi connectivity index (χ0) is 16.7. The van der Waals surface area contributed by atoms with E-state index in [1.54, 1.807) is 13.2 Å². The minimum Gasteiger partial charge on any atom is -0.497 e. The third-order valence-electron chi connectivity index (χ3n) is 3.45. The molecule has 0 spiro atoms. The molecule has 0 aliphatic heterocycles. The van der Waals surface area contributed by atoms with Crippen molar-refractivity contribution in [3.05, 3.63) is 59.4 Å². The maximum Gasteiger partial charge on any atom is 0.224 e. The first-order valence-electron chi connectivity index (χ1n) is 7.34. The summed E-state index contributed by atoms with van der Waals surface area (Å²) in [4.78, 5) is 11.9. The third kappa shape index (κ3) is 4.98. The van der Waals surface area contributed by atoms with Gasteiger partial charge in [0, 0.05) is 6.54 Å². The summed E-state index contributed by atoms with van der Waals surface area (Å²) in [6.45, 7) is 0.518. The molecule has 2 aromatic carbocycles. The Bertz CT molecular complexity index is 673. The Morgan fingerprint density at radius 3 is 2.61 bits per heavy atom. The fraction of sp³-hybridized carbons (Fsp3) is 0.278. The number of nitrogens with one attached hydrogen (secondary N) is 1. The molecule has 0 saturated heterocycles. The molecule has 0 heterocycles. The monoisotopic (exact) mass is 317 g/mol. The van der Waals surface area contributed by atoms with E-state index in [9.17, 15) is 9.18 Å². The van der Waals surface area contributed by atoms with Crippen molar-refractivity contribution in [2.24, 2.45) is 0 Å². The molecule has 1 amide bonds. The molecule has 0 aliphatic carbocycles. The van der Waals surface area contributed by atoms with Gasteiger partial charge in [-0.3, -0.25) is 4.79 Å². The lowest BCUT2D eigenvalue weighted by molar-refractivity contribution is -0.120. The molecule has 0 atom stereocenters. The van der Waals surface area contributed by atoms with Crippen LogP contribution in [0.5, 0.6) is 11.5 Å². The summed E-state index contributed by atoms with van der Waals surface area (Å²) in [6, 6.07) is 12.2. The number of hydrogen-bond donors (Lipinski definition) is 1. The predicted molar refractivity (Wildman–Crippen MR) is 86.4 cm³/mol. The quantitative estimate of drug-likeness (QED) is 0.854. The lowest BCUT2D eigenvalue weighted by Crippen LogP contribution is -2.27. The molecule has 0 fully saturated rings. The summed E-state index contributed by atoms with van der Waals surface area (Å²) >= 11 is 0. The second kappa shape index (κ2) is 8.17. The third-order valence-corrected chi connectivity index (χ3v) is 3.45. The van der Waals surface area contributed by atoms with Crippen LogP contribution in [0.3, 0.4) is 0 Å². The van der Waals surface area contributed by atoms with Gasteiger partial charge in [-0.25, -0.2) is 4.39 Å². The first-order valence-corrected chi connectivity index (χ1v) is 7.34. The number of carbonyl (C=O) groups excluding carboxylic acids is 1. The minimum atomic E-state index is -0.464. The normalized spacial score (nSPS) is 10.2. The highest BCUT2D eigenvalue weighted by Gasteiger charge is 2.07. The van der Waals surface area contributed by atoms with Crippen LogP contribution in [0.15, 0.2) is 42.5 Å². The van der Waals surface area contributed by atoms with Crippen LogP contribution < -0.4 is 14.8 Å². The van der Waals surface area contributed by atoms with E-state index in [1.807, 2.05) is 24.3 Å². The molecule has 23 heavy (non-hydrogen) atoms. The summed E-state index contributed by atoms with van der Waals surface area (Å²) in [5, 5.41) is 2.83. The molecule has 0 unspecified atom stereocenters. The van der Waals surface area contributed by atoms with Crippen molar-refractivity contribution in [3.8, 4) is 11.5 Å². The van der Waals surface area contributed by atoms with Crippen molar-refractivity contribution >= 4 is 5.91 Å². The number of hydrogen-bond acceptors (Lipinski definition) is 3. The Hall–Kier alpha value is -2.56. The fourth-order valence-corrected chi connectivity index (χ4v) is 2.24. The summed E-state index contributed by atoms with van der Waals surface area (Å²) in [5.74, 6) is 0.362. The molecule has 2 rings (SSSR count). The molecule has 0 bridgehead atoms.